The fraction of sp³-hybridized carbons (Fsp3) is 0.294. The molecule has 118 valence electrons. The Morgan fingerprint density at radius 1 is 1.09 bits per heavy atom. The van der Waals surface area contributed by atoms with Gasteiger partial charge < -0.3 is 14.8 Å². The Labute approximate surface area is 138 Å². The van der Waals surface area contributed by atoms with Crippen molar-refractivity contribution in [1.29, 1.82) is 0 Å². The molecule has 1 atom stereocenters. The lowest BCUT2D eigenvalue weighted by Crippen LogP contribution is -2.18. The molecule has 0 bridgehead atoms. The predicted octanol–water partition coefficient (Wildman–Crippen LogP) is 4.46. The number of rotatable bonds is 6. The summed E-state index contributed by atoms with van der Waals surface area (Å²) in [5.74, 6) is 1.17. The number of halogens is 2. The van der Waals surface area contributed by atoms with Gasteiger partial charge in [0.25, 0.3) is 0 Å². The molecule has 0 saturated heterocycles. The lowest BCUT2D eigenvalue weighted by molar-refractivity contribution is 0.354. The molecule has 0 aliphatic heterocycles. The fourth-order valence-electron chi connectivity index (χ4n) is 2.17. The van der Waals surface area contributed by atoms with E-state index >= 15 is 0 Å². The summed E-state index contributed by atoms with van der Waals surface area (Å²) >= 11 is 3.38. The van der Waals surface area contributed by atoms with Gasteiger partial charge >= 0.3 is 0 Å². The third-order valence-electron chi connectivity index (χ3n) is 3.52. The summed E-state index contributed by atoms with van der Waals surface area (Å²) in [4.78, 5) is 0. The molecule has 2 aromatic carbocycles. The molecule has 0 amide bonds. The Kier molecular flexibility index (Phi) is 5.80. The second-order valence-corrected chi connectivity index (χ2v) is 5.81. The second kappa shape index (κ2) is 7.61. The molecular formula is C17H19BrFNO2. The monoisotopic (exact) mass is 367 g/mol. The van der Waals surface area contributed by atoms with Crippen LogP contribution < -0.4 is 14.8 Å². The van der Waals surface area contributed by atoms with E-state index in [1.54, 1.807) is 20.3 Å². The third kappa shape index (κ3) is 3.99. The highest BCUT2D eigenvalue weighted by Crippen LogP contribution is 2.30. The maximum Gasteiger partial charge on any atom is 0.161 e. The molecule has 0 radical (unpaired) electrons. The molecule has 0 aliphatic rings. The molecule has 2 aromatic rings. The van der Waals surface area contributed by atoms with Crippen LogP contribution in [0.3, 0.4) is 0 Å². The van der Waals surface area contributed by atoms with Crippen molar-refractivity contribution in [3.63, 3.8) is 0 Å². The van der Waals surface area contributed by atoms with E-state index < -0.39 is 0 Å². The van der Waals surface area contributed by atoms with E-state index in [2.05, 4.69) is 28.2 Å². The quantitative estimate of drug-likeness (QED) is 0.817. The van der Waals surface area contributed by atoms with Gasteiger partial charge in [0, 0.05) is 17.1 Å². The highest BCUT2D eigenvalue weighted by Gasteiger charge is 2.10. The molecule has 1 unspecified atom stereocenters. The number of hydrogen-bond acceptors (Lipinski definition) is 3. The van der Waals surface area contributed by atoms with E-state index in [9.17, 15) is 4.39 Å². The SMILES string of the molecule is COc1ccc(C(C)NCc2ccc(F)cc2Br)cc1OC. The molecule has 0 fully saturated rings. The van der Waals surface area contributed by atoms with E-state index in [1.807, 2.05) is 18.2 Å². The van der Waals surface area contributed by atoms with Crippen molar-refractivity contribution in [2.24, 2.45) is 0 Å². The van der Waals surface area contributed by atoms with Crippen LogP contribution in [0.25, 0.3) is 0 Å². The van der Waals surface area contributed by atoms with Crippen molar-refractivity contribution in [2.45, 2.75) is 19.5 Å². The summed E-state index contributed by atoms with van der Waals surface area (Å²) in [6.45, 7) is 2.70. The summed E-state index contributed by atoms with van der Waals surface area (Å²) in [5.41, 5.74) is 2.10. The smallest absolute Gasteiger partial charge is 0.161 e. The Balaban J connectivity index is 2.07. The second-order valence-electron chi connectivity index (χ2n) is 4.95. The molecule has 0 aromatic heterocycles. The van der Waals surface area contributed by atoms with Crippen LogP contribution in [0.2, 0.25) is 0 Å². The van der Waals surface area contributed by atoms with Gasteiger partial charge in [-0.1, -0.05) is 28.1 Å². The first-order chi connectivity index (χ1) is 10.5. The van der Waals surface area contributed by atoms with Crippen LogP contribution in [0.4, 0.5) is 4.39 Å². The summed E-state index contributed by atoms with van der Waals surface area (Å²) in [7, 11) is 3.24. The van der Waals surface area contributed by atoms with E-state index in [4.69, 9.17) is 9.47 Å². The maximum atomic E-state index is 13.1. The number of benzene rings is 2. The Morgan fingerprint density at radius 3 is 2.45 bits per heavy atom. The largest absolute Gasteiger partial charge is 0.493 e. The van der Waals surface area contributed by atoms with E-state index in [0.717, 1.165) is 15.6 Å². The molecule has 0 saturated carbocycles. The van der Waals surface area contributed by atoms with E-state index in [-0.39, 0.29) is 11.9 Å². The maximum absolute atomic E-state index is 13.1. The van der Waals surface area contributed by atoms with E-state index in [1.165, 1.54) is 12.1 Å². The van der Waals surface area contributed by atoms with Gasteiger partial charge in [-0.2, -0.15) is 0 Å². The van der Waals surface area contributed by atoms with Gasteiger partial charge in [-0.05, 0) is 42.3 Å². The third-order valence-corrected chi connectivity index (χ3v) is 4.26. The van der Waals surface area contributed by atoms with Crippen LogP contribution in [0.5, 0.6) is 11.5 Å². The molecule has 0 heterocycles. The number of methoxy groups -OCH3 is 2. The van der Waals surface area contributed by atoms with Crippen molar-refractivity contribution in [1.82, 2.24) is 5.32 Å². The molecule has 3 nitrogen and oxygen atoms in total. The highest BCUT2D eigenvalue weighted by atomic mass is 79.9. The van der Waals surface area contributed by atoms with Crippen molar-refractivity contribution in [2.75, 3.05) is 14.2 Å². The number of ether oxygens (including phenoxy) is 2. The van der Waals surface area contributed by atoms with Crippen LogP contribution in [-0.2, 0) is 6.54 Å². The Morgan fingerprint density at radius 2 is 1.82 bits per heavy atom. The lowest BCUT2D eigenvalue weighted by Gasteiger charge is -2.17. The minimum absolute atomic E-state index is 0.122. The molecule has 22 heavy (non-hydrogen) atoms. The van der Waals surface area contributed by atoms with Crippen LogP contribution in [0.1, 0.15) is 24.1 Å². The first-order valence-electron chi connectivity index (χ1n) is 6.94. The van der Waals surface area contributed by atoms with Crippen LogP contribution >= 0.6 is 15.9 Å². The number of hydrogen-bond donors (Lipinski definition) is 1. The van der Waals surface area contributed by atoms with Crippen LogP contribution in [0, 0.1) is 5.82 Å². The topological polar surface area (TPSA) is 30.5 Å². The van der Waals surface area contributed by atoms with Crippen LogP contribution in [0.15, 0.2) is 40.9 Å². The average Bonchev–Trinajstić information content (AvgIpc) is 2.53. The molecule has 2 rings (SSSR count). The zero-order chi connectivity index (χ0) is 16.1. The normalized spacial score (nSPS) is 12.0. The van der Waals surface area contributed by atoms with Crippen molar-refractivity contribution in [3.8, 4) is 11.5 Å². The van der Waals surface area contributed by atoms with Gasteiger partial charge in [0.15, 0.2) is 11.5 Å². The lowest BCUT2D eigenvalue weighted by atomic mass is 10.1. The van der Waals surface area contributed by atoms with Crippen molar-refractivity contribution < 1.29 is 13.9 Å². The first-order valence-corrected chi connectivity index (χ1v) is 7.73. The number of nitrogens with one attached hydrogen (secondary N) is 1. The average molecular weight is 368 g/mol. The zero-order valence-electron chi connectivity index (χ0n) is 12.8. The first kappa shape index (κ1) is 16.8. The van der Waals surface area contributed by atoms with Crippen molar-refractivity contribution >= 4 is 15.9 Å². The van der Waals surface area contributed by atoms with Gasteiger partial charge in [-0.3, -0.25) is 0 Å². The van der Waals surface area contributed by atoms with Gasteiger partial charge in [0.05, 0.1) is 14.2 Å². The molecule has 0 aliphatic carbocycles. The summed E-state index contributed by atoms with van der Waals surface area (Å²) < 4.78 is 24.4. The summed E-state index contributed by atoms with van der Waals surface area (Å²) in [5, 5.41) is 3.42. The Hall–Kier alpha value is -1.59. The molecule has 5 heteroatoms. The van der Waals surface area contributed by atoms with Gasteiger partial charge in [0.2, 0.25) is 0 Å². The Bertz CT molecular complexity index is 649. The fourth-order valence-corrected chi connectivity index (χ4v) is 2.66. The summed E-state index contributed by atoms with van der Waals surface area (Å²) in [6, 6.07) is 10.7. The van der Waals surface area contributed by atoms with Crippen LogP contribution in [-0.4, -0.2) is 14.2 Å². The highest BCUT2D eigenvalue weighted by molar-refractivity contribution is 9.10. The zero-order valence-corrected chi connectivity index (χ0v) is 14.4. The minimum Gasteiger partial charge on any atom is -0.493 e. The summed E-state index contributed by atoms with van der Waals surface area (Å²) in [6.07, 6.45) is 0. The minimum atomic E-state index is -0.247. The molecule has 0 spiro atoms. The van der Waals surface area contributed by atoms with Gasteiger partial charge in [-0.15, -0.1) is 0 Å². The van der Waals surface area contributed by atoms with Gasteiger partial charge in [0.1, 0.15) is 5.82 Å². The standard InChI is InChI=1S/C17H19BrFNO2/c1-11(12-5-7-16(21-2)17(8-12)22-3)20-10-13-4-6-14(19)9-15(13)18/h4-9,11,20H,10H2,1-3H3. The molecule has 1 N–H and O–H groups in total. The predicted molar refractivity (Wildman–Crippen MR) is 88.9 cm³/mol. The van der Waals surface area contributed by atoms with E-state index in [0.29, 0.717) is 18.0 Å². The van der Waals surface area contributed by atoms with Gasteiger partial charge in [-0.25, -0.2) is 4.39 Å². The molecular weight excluding hydrogens is 349 g/mol. The van der Waals surface area contributed by atoms with Crippen molar-refractivity contribution in [3.05, 3.63) is 57.8 Å².